The molecule has 4 aromatic rings. The summed E-state index contributed by atoms with van der Waals surface area (Å²) in [4.78, 5) is 11.9. The Hall–Kier alpha value is -3.65. The first-order valence-electron chi connectivity index (χ1n) is 12.3. The van der Waals surface area contributed by atoms with Gasteiger partial charge in [-0.3, -0.25) is 9.67 Å². The zero-order chi connectivity index (χ0) is 25.8. The van der Waals surface area contributed by atoms with Gasteiger partial charge in [0.05, 0.1) is 43.3 Å². The summed E-state index contributed by atoms with van der Waals surface area (Å²) in [7, 11) is 5.25. The third-order valence-corrected chi connectivity index (χ3v) is 6.26. The summed E-state index contributed by atoms with van der Waals surface area (Å²) in [6.07, 6.45) is 5.55. The van der Waals surface area contributed by atoms with E-state index >= 15 is 0 Å². The van der Waals surface area contributed by atoms with E-state index in [0.29, 0.717) is 12.0 Å². The van der Waals surface area contributed by atoms with Crippen LogP contribution in [0.2, 0.25) is 0 Å². The number of benzene rings is 2. The average Bonchev–Trinajstić information content (AvgIpc) is 3.31. The maximum Gasteiger partial charge on any atom is 0.124 e. The van der Waals surface area contributed by atoms with Crippen molar-refractivity contribution < 1.29 is 9.47 Å². The predicted octanol–water partition coefficient (Wildman–Crippen LogP) is 5.21. The van der Waals surface area contributed by atoms with Gasteiger partial charge < -0.3 is 19.7 Å². The molecule has 1 unspecified atom stereocenters. The Morgan fingerprint density at radius 3 is 2.22 bits per heavy atom. The Bertz CT molecular complexity index is 1290. The number of anilines is 2. The molecule has 0 spiro atoms. The molecule has 2 aromatic heterocycles. The highest BCUT2D eigenvalue weighted by molar-refractivity contribution is 5.83. The first-order chi connectivity index (χ1) is 17.3. The molecule has 0 fully saturated rings. The van der Waals surface area contributed by atoms with Crippen LogP contribution in [-0.2, 0) is 7.05 Å². The van der Waals surface area contributed by atoms with Crippen LogP contribution in [0.3, 0.4) is 0 Å². The van der Waals surface area contributed by atoms with Gasteiger partial charge >= 0.3 is 0 Å². The van der Waals surface area contributed by atoms with Crippen molar-refractivity contribution in [1.82, 2.24) is 25.1 Å². The minimum Gasteiger partial charge on any atom is -0.497 e. The lowest BCUT2D eigenvalue weighted by Crippen LogP contribution is -2.45. The van der Waals surface area contributed by atoms with Crippen molar-refractivity contribution in [3.63, 3.8) is 0 Å². The van der Waals surface area contributed by atoms with Crippen LogP contribution in [0.15, 0.2) is 55.0 Å². The van der Waals surface area contributed by atoms with E-state index in [1.54, 1.807) is 31.3 Å². The highest BCUT2D eigenvalue weighted by Crippen LogP contribution is 2.37. The lowest BCUT2D eigenvalue weighted by molar-refractivity contribution is 0.393. The molecule has 0 saturated heterocycles. The minimum absolute atomic E-state index is 0.163. The maximum atomic E-state index is 5.61. The van der Waals surface area contributed by atoms with Crippen LogP contribution in [0.25, 0.3) is 22.3 Å². The van der Waals surface area contributed by atoms with Crippen molar-refractivity contribution in [3.05, 3.63) is 55.0 Å². The molecule has 1 atom stereocenters. The second kappa shape index (κ2) is 11.0. The third-order valence-electron chi connectivity index (χ3n) is 6.26. The van der Waals surface area contributed by atoms with Crippen molar-refractivity contribution in [1.29, 1.82) is 0 Å². The van der Waals surface area contributed by atoms with Crippen molar-refractivity contribution in [3.8, 4) is 22.8 Å². The first-order valence-corrected chi connectivity index (χ1v) is 12.3. The predicted molar refractivity (Wildman–Crippen MR) is 145 cm³/mol. The first kappa shape index (κ1) is 25.4. The number of hydrogen-bond acceptors (Lipinski definition) is 7. The molecule has 8 nitrogen and oxygen atoms in total. The SMILES string of the molecule is COc1cc(OC)cc(N(c2ccc3ncc(-c4cnn(C)c4)nc3c2)C(CNC(C)C)C(C)C)c1. The Balaban J connectivity index is 1.86. The van der Waals surface area contributed by atoms with Gasteiger partial charge in [0.2, 0.25) is 0 Å². The zero-order valence-corrected chi connectivity index (χ0v) is 22.2. The molecular formula is C28H36N6O2. The van der Waals surface area contributed by atoms with E-state index in [1.807, 2.05) is 25.4 Å². The molecule has 4 rings (SSSR count). The number of hydrogen-bond donors (Lipinski definition) is 1. The van der Waals surface area contributed by atoms with Gasteiger partial charge in [0, 0.05) is 67.0 Å². The summed E-state index contributed by atoms with van der Waals surface area (Å²) < 4.78 is 13.0. The topological polar surface area (TPSA) is 77.3 Å². The number of methoxy groups -OCH3 is 2. The van der Waals surface area contributed by atoms with Gasteiger partial charge in [-0.2, -0.15) is 5.10 Å². The van der Waals surface area contributed by atoms with Crippen LogP contribution in [0.1, 0.15) is 27.7 Å². The van der Waals surface area contributed by atoms with E-state index in [4.69, 9.17) is 14.5 Å². The van der Waals surface area contributed by atoms with Crippen LogP contribution in [-0.4, -0.2) is 52.6 Å². The molecule has 0 aliphatic rings. The number of nitrogens with one attached hydrogen (secondary N) is 1. The van der Waals surface area contributed by atoms with Crippen molar-refractivity contribution in [2.24, 2.45) is 13.0 Å². The molecule has 8 heteroatoms. The van der Waals surface area contributed by atoms with E-state index in [1.165, 1.54) is 0 Å². The van der Waals surface area contributed by atoms with Crippen LogP contribution >= 0.6 is 0 Å². The molecule has 0 amide bonds. The normalized spacial score (nSPS) is 12.4. The number of aromatic nitrogens is 4. The highest BCUT2D eigenvalue weighted by atomic mass is 16.5. The smallest absolute Gasteiger partial charge is 0.124 e. The van der Waals surface area contributed by atoms with E-state index < -0.39 is 0 Å². The van der Waals surface area contributed by atoms with Crippen LogP contribution < -0.4 is 19.7 Å². The quantitative estimate of drug-likeness (QED) is 0.328. The zero-order valence-electron chi connectivity index (χ0n) is 22.2. The van der Waals surface area contributed by atoms with Crippen LogP contribution in [0.5, 0.6) is 11.5 Å². The molecule has 36 heavy (non-hydrogen) atoms. The molecule has 0 aliphatic carbocycles. The van der Waals surface area contributed by atoms with Gasteiger partial charge in [-0.1, -0.05) is 27.7 Å². The average molecular weight is 489 g/mol. The molecule has 2 heterocycles. The number of rotatable bonds is 10. The van der Waals surface area contributed by atoms with Gasteiger partial charge in [-0.05, 0) is 24.1 Å². The fraction of sp³-hybridized carbons (Fsp3) is 0.393. The fourth-order valence-electron chi connectivity index (χ4n) is 4.29. The van der Waals surface area contributed by atoms with E-state index in [-0.39, 0.29) is 6.04 Å². The number of nitrogens with zero attached hydrogens (tertiary/aromatic N) is 5. The van der Waals surface area contributed by atoms with E-state index in [2.05, 4.69) is 72.3 Å². The van der Waals surface area contributed by atoms with E-state index in [9.17, 15) is 0 Å². The molecule has 0 aliphatic heterocycles. The van der Waals surface area contributed by atoms with Crippen molar-refractivity contribution in [2.75, 3.05) is 25.7 Å². The summed E-state index contributed by atoms with van der Waals surface area (Å²) in [6.45, 7) is 9.65. The van der Waals surface area contributed by atoms with Crippen LogP contribution in [0, 0.1) is 5.92 Å². The van der Waals surface area contributed by atoms with E-state index in [0.717, 1.165) is 51.7 Å². The molecule has 2 aromatic carbocycles. The molecule has 190 valence electrons. The number of aryl methyl sites for hydroxylation is 1. The fourth-order valence-corrected chi connectivity index (χ4v) is 4.29. The Morgan fingerprint density at radius 2 is 1.64 bits per heavy atom. The third kappa shape index (κ3) is 5.60. The largest absolute Gasteiger partial charge is 0.497 e. The number of fused-ring (bicyclic) bond motifs is 1. The minimum atomic E-state index is 0.163. The summed E-state index contributed by atoms with van der Waals surface area (Å²) in [5.41, 5.74) is 5.42. The van der Waals surface area contributed by atoms with Crippen LogP contribution in [0.4, 0.5) is 11.4 Å². The lowest BCUT2D eigenvalue weighted by Gasteiger charge is -2.37. The van der Waals surface area contributed by atoms with Crippen molar-refractivity contribution in [2.45, 2.75) is 39.8 Å². The maximum absolute atomic E-state index is 5.61. The Labute approximate surface area is 213 Å². The van der Waals surface area contributed by atoms with Gasteiger partial charge in [-0.25, -0.2) is 4.98 Å². The highest BCUT2D eigenvalue weighted by Gasteiger charge is 2.26. The number of ether oxygens (including phenoxy) is 2. The Kier molecular flexibility index (Phi) is 7.74. The van der Waals surface area contributed by atoms with Gasteiger partial charge in [0.25, 0.3) is 0 Å². The molecule has 1 N–H and O–H groups in total. The van der Waals surface area contributed by atoms with Gasteiger partial charge in [0.15, 0.2) is 0 Å². The molecule has 0 bridgehead atoms. The standard InChI is InChI=1S/C28H36N6O2/c1-18(2)28(16-29-19(3)4)34(22-10-23(35-6)13-24(11-22)36-7)21-8-9-25-26(12-21)32-27(15-30-25)20-14-31-33(5)17-20/h8-15,17-19,28-29H,16H2,1-7H3. The second-order valence-corrected chi connectivity index (χ2v) is 9.65. The monoisotopic (exact) mass is 488 g/mol. The molecule has 0 saturated carbocycles. The van der Waals surface area contributed by atoms with Gasteiger partial charge in [-0.15, -0.1) is 0 Å². The lowest BCUT2D eigenvalue weighted by atomic mass is 9.99. The summed E-state index contributed by atoms with van der Waals surface area (Å²) >= 11 is 0. The summed E-state index contributed by atoms with van der Waals surface area (Å²) in [6, 6.07) is 12.8. The summed E-state index contributed by atoms with van der Waals surface area (Å²) in [5, 5.41) is 7.91. The second-order valence-electron chi connectivity index (χ2n) is 9.65. The summed E-state index contributed by atoms with van der Waals surface area (Å²) in [5.74, 6) is 1.85. The van der Waals surface area contributed by atoms with Crippen molar-refractivity contribution >= 4 is 22.4 Å². The van der Waals surface area contributed by atoms with Gasteiger partial charge in [0.1, 0.15) is 11.5 Å². The Morgan fingerprint density at radius 1 is 0.917 bits per heavy atom. The molecule has 0 radical (unpaired) electrons. The molecular weight excluding hydrogens is 452 g/mol.